The number of hydrogen-bond donors (Lipinski definition) is 0. The Balaban J connectivity index is 0.973. The van der Waals surface area contributed by atoms with Gasteiger partial charge < -0.3 is 0 Å². The van der Waals surface area contributed by atoms with Crippen molar-refractivity contribution in [3.63, 3.8) is 0 Å². The first-order valence-electron chi connectivity index (χ1n) is 20.0. The number of hydrogen-bond acceptors (Lipinski definition) is 3. The van der Waals surface area contributed by atoms with Gasteiger partial charge in [0.05, 0.1) is 23.0 Å². The van der Waals surface area contributed by atoms with Gasteiger partial charge in [0.25, 0.3) is 0 Å². The van der Waals surface area contributed by atoms with E-state index in [1.807, 2.05) is 24.3 Å². The smallest absolute Gasteiger partial charge is 0.160 e. The number of aromatic nitrogens is 2. The zero-order chi connectivity index (χ0) is 39.9. The zero-order valence-corrected chi connectivity index (χ0v) is 32.9. The summed E-state index contributed by atoms with van der Waals surface area (Å²) in [5, 5.41) is 9.95. The molecule has 1 aromatic heterocycles. The molecule has 0 bridgehead atoms. The summed E-state index contributed by atoms with van der Waals surface area (Å²) in [6.07, 6.45) is 0. The van der Waals surface area contributed by atoms with Crippen LogP contribution in [-0.4, -0.2) is 9.97 Å². The zero-order valence-electron chi connectivity index (χ0n) is 32.9. The van der Waals surface area contributed by atoms with Crippen LogP contribution < -0.4 is 0 Å². The van der Waals surface area contributed by atoms with Gasteiger partial charge in [-0.2, -0.15) is 5.26 Å². The summed E-state index contributed by atoms with van der Waals surface area (Å²) in [6, 6.07) is 72.7. The molecule has 1 aliphatic rings. The van der Waals surface area contributed by atoms with Gasteiger partial charge in [0.15, 0.2) is 5.82 Å². The molecule has 0 saturated heterocycles. The molecule has 10 rings (SSSR count). The van der Waals surface area contributed by atoms with Crippen molar-refractivity contribution in [3.05, 3.63) is 217 Å². The highest BCUT2D eigenvalue weighted by molar-refractivity contribution is 5.88. The molecule has 9 aromatic rings. The van der Waals surface area contributed by atoms with Crippen molar-refractivity contribution in [1.82, 2.24) is 9.97 Å². The molecule has 3 heteroatoms. The van der Waals surface area contributed by atoms with Crippen LogP contribution >= 0.6 is 0 Å². The molecule has 0 unspecified atom stereocenters. The topological polar surface area (TPSA) is 49.6 Å². The molecule has 1 heterocycles. The monoisotopic (exact) mass is 753 g/mol. The summed E-state index contributed by atoms with van der Waals surface area (Å²) in [5.74, 6) is 0.685. The van der Waals surface area contributed by atoms with E-state index in [0.29, 0.717) is 5.82 Å². The minimum Gasteiger partial charge on any atom is -0.228 e. The van der Waals surface area contributed by atoms with E-state index in [1.54, 1.807) is 0 Å². The second-order valence-electron chi connectivity index (χ2n) is 15.7. The molecule has 0 spiro atoms. The molecule has 8 aromatic carbocycles. The van der Waals surface area contributed by atoms with Crippen molar-refractivity contribution in [2.75, 3.05) is 0 Å². The molecular weight excluding hydrogens is 715 g/mol. The maximum Gasteiger partial charge on any atom is 0.160 e. The summed E-state index contributed by atoms with van der Waals surface area (Å²) in [7, 11) is 0. The Kier molecular flexibility index (Phi) is 8.89. The Labute approximate surface area is 345 Å². The summed E-state index contributed by atoms with van der Waals surface area (Å²) >= 11 is 0. The first-order chi connectivity index (χ1) is 28.9. The molecule has 0 radical (unpaired) electrons. The van der Waals surface area contributed by atoms with E-state index in [1.165, 1.54) is 22.3 Å². The quantitative estimate of drug-likeness (QED) is 0.163. The average Bonchev–Trinajstić information content (AvgIpc) is 3.55. The van der Waals surface area contributed by atoms with Crippen LogP contribution in [0, 0.1) is 11.3 Å². The van der Waals surface area contributed by atoms with Gasteiger partial charge in [0.2, 0.25) is 0 Å². The van der Waals surface area contributed by atoms with Gasteiger partial charge in [0, 0.05) is 27.7 Å². The summed E-state index contributed by atoms with van der Waals surface area (Å²) in [5.41, 5.74) is 19.2. The van der Waals surface area contributed by atoms with E-state index < -0.39 is 0 Å². The third kappa shape index (κ3) is 6.61. The molecule has 0 amide bonds. The average molecular weight is 754 g/mol. The van der Waals surface area contributed by atoms with Gasteiger partial charge in [-0.05, 0) is 85.5 Å². The summed E-state index contributed by atoms with van der Waals surface area (Å²) in [4.78, 5) is 10.3. The van der Waals surface area contributed by atoms with Crippen molar-refractivity contribution in [2.45, 2.75) is 19.3 Å². The molecule has 3 nitrogen and oxygen atoms in total. The minimum atomic E-state index is -0.150. The second-order valence-corrected chi connectivity index (χ2v) is 15.7. The Morgan fingerprint density at radius 2 is 0.797 bits per heavy atom. The molecule has 59 heavy (non-hydrogen) atoms. The minimum absolute atomic E-state index is 0.150. The predicted octanol–water partition coefficient (Wildman–Crippen LogP) is 14.3. The van der Waals surface area contributed by atoms with Gasteiger partial charge in [-0.25, -0.2) is 9.97 Å². The highest BCUT2D eigenvalue weighted by Gasteiger charge is 2.36. The number of benzene rings is 8. The van der Waals surface area contributed by atoms with Gasteiger partial charge in [-0.1, -0.05) is 190 Å². The Morgan fingerprint density at radius 1 is 0.373 bits per heavy atom. The van der Waals surface area contributed by atoms with Gasteiger partial charge in [-0.15, -0.1) is 0 Å². The standard InChI is InChI=1S/C56H39N3/c1-56(2)50-32-31-46(34-49(50)54-48(36-57)17-10-18-51(54)56)42-21-19-40(20-22-42)41-25-29-44(30-26-41)53-35-52(43-27-23-39(24-28-43)37-11-5-3-6-12-37)58-55(59-53)47-16-9-15-45(33-47)38-13-7-4-8-14-38/h3-35H,1-2H3. The van der Waals surface area contributed by atoms with Gasteiger partial charge >= 0.3 is 0 Å². The number of fused-ring (bicyclic) bond motifs is 3. The fourth-order valence-corrected chi connectivity index (χ4v) is 8.57. The lowest BCUT2D eigenvalue weighted by Gasteiger charge is -2.21. The van der Waals surface area contributed by atoms with Gasteiger partial charge in [-0.3, -0.25) is 0 Å². The number of nitrogens with zero attached hydrogens (tertiary/aromatic N) is 3. The summed E-state index contributed by atoms with van der Waals surface area (Å²) < 4.78 is 0. The highest BCUT2D eigenvalue weighted by Crippen LogP contribution is 2.51. The van der Waals surface area contributed by atoms with Crippen LogP contribution in [0.4, 0.5) is 0 Å². The molecule has 0 atom stereocenters. The van der Waals surface area contributed by atoms with Crippen molar-refractivity contribution >= 4 is 0 Å². The van der Waals surface area contributed by atoms with Crippen LogP contribution in [0.15, 0.2) is 200 Å². The molecule has 0 fully saturated rings. The summed E-state index contributed by atoms with van der Waals surface area (Å²) in [6.45, 7) is 4.49. The fraction of sp³-hybridized carbons (Fsp3) is 0.0536. The Morgan fingerprint density at radius 3 is 1.36 bits per heavy atom. The molecule has 278 valence electrons. The molecule has 0 N–H and O–H groups in total. The largest absolute Gasteiger partial charge is 0.228 e. The van der Waals surface area contributed by atoms with Crippen molar-refractivity contribution in [3.8, 4) is 95.6 Å². The Hall–Kier alpha value is -7.67. The van der Waals surface area contributed by atoms with E-state index in [0.717, 1.165) is 78.1 Å². The van der Waals surface area contributed by atoms with Crippen LogP contribution in [0.1, 0.15) is 30.5 Å². The lowest BCUT2D eigenvalue weighted by molar-refractivity contribution is 0.660. The SMILES string of the molecule is CC1(C)c2ccc(-c3ccc(-c4ccc(-c5cc(-c6ccc(-c7ccccc7)cc6)nc(-c6cccc(-c7ccccc7)c6)n5)cc4)cc3)cc2-c2c(C#N)cccc21. The predicted molar refractivity (Wildman–Crippen MR) is 242 cm³/mol. The van der Waals surface area contributed by atoms with Crippen LogP contribution in [0.25, 0.3) is 89.5 Å². The van der Waals surface area contributed by atoms with Crippen LogP contribution in [0.2, 0.25) is 0 Å². The molecule has 0 aliphatic heterocycles. The lowest BCUT2D eigenvalue weighted by Crippen LogP contribution is -2.14. The van der Waals surface area contributed by atoms with E-state index in [2.05, 4.69) is 196 Å². The highest BCUT2D eigenvalue weighted by atomic mass is 14.9. The van der Waals surface area contributed by atoms with E-state index in [-0.39, 0.29) is 5.41 Å². The van der Waals surface area contributed by atoms with Crippen molar-refractivity contribution in [1.29, 1.82) is 5.26 Å². The second kappa shape index (κ2) is 14.7. The van der Waals surface area contributed by atoms with Crippen molar-refractivity contribution in [2.24, 2.45) is 0 Å². The van der Waals surface area contributed by atoms with E-state index >= 15 is 0 Å². The normalized spacial score (nSPS) is 12.4. The van der Waals surface area contributed by atoms with Crippen LogP contribution in [0.3, 0.4) is 0 Å². The van der Waals surface area contributed by atoms with Gasteiger partial charge in [0.1, 0.15) is 0 Å². The first-order valence-corrected chi connectivity index (χ1v) is 20.0. The maximum atomic E-state index is 9.95. The molecule has 1 aliphatic carbocycles. The number of rotatable bonds is 7. The lowest BCUT2D eigenvalue weighted by atomic mass is 9.82. The van der Waals surface area contributed by atoms with Crippen molar-refractivity contribution < 1.29 is 0 Å². The molecular formula is C56H39N3. The fourth-order valence-electron chi connectivity index (χ4n) is 8.57. The number of nitriles is 1. The molecule has 0 saturated carbocycles. The van der Waals surface area contributed by atoms with E-state index in [9.17, 15) is 5.26 Å². The van der Waals surface area contributed by atoms with Crippen LogP contribution in [-0.2, 0) is 5.41 Å². The van der Waals surface area contributed by atoms with Crippen LogP contribution in [0.5, 0.6) is 0 Å². The third-order valence-corrected chi connectivity index (χ3v) is 11.8. The third-order valence-electron chi connectivity index (χ3n) is 11.8. The Bertz CT molecular complexity index is 3030. The maximum absolute atomic E-state index is 9.95. The van der Waals surface area contributed by atoms with E-state index in [4.69, 9.17) is 9.97 Å². The first kappa shape index (κ1) is 35.7.